The monoisotopic (exact) mass is 544 g/mol. The fourth-order valence-electron chi connectivity index (χ4n) is 4.42. The number of ether oxygens (including phenoxy) is 1. The van der Waals surface area contributed by atoms with E-state index in [1.54, 1.807) is 24.3 Å². The van der Waals surface area contributed by atoms with E-state index in [1.165, 1.54) is 5.56 Å². The lowest BCUT2D eigenvalue weighted by Gasteiger charge is -2.27. The Kier molecular flexibility index (Phi) is 11.4. The minimum Gasteiger partial charge on any atom is -0.480 e. The second-order valence-corrected chi connectivity index (χ2v) is 11.1. The van der Waals surface area contributed by atoms with Crippen LogP contribution in [0.3, 0.4) is 0 Å². The van der Waals surface area contributed by atoms with E-state index in [9.17, 15) is 14.7 Å². The molecule has 9 heteroatoms. The van der Waals surface area contributed by atoms with Crippen molar-refractivity contribution in [2.75, 3.05) is 38.1 Å². The number of carbonyl (C=O) groups excluding carboxylic acids is 1. The smallest absolute Gasteiger partial charge is 0.326 e. The Labute approximate surface area is 231 Å². The molecule has 38 heavy (non-hydrogen) atoms. The first-order valence-corrected chi connectivity index (χ1v) is 13.9. The molecule has 3 N–H and O–H groups in total. The third kappa shape index (κ3) is 9.89. The number of carboxylic acid groups (broad SMARTS) is 1. The molecule has 0 aliphatic carbocycles. The Morgan fingerprint density at radius 1 is 1.16 bits per heavy atom. The summed E-state index contributed by atoms with van der Waals surface area (Å²) in [5.41, 5.74) is 2.40. The zero-order valence-corrected chi connectivity index (χ0v) is 23.5. The van der Waals surface area contributed by atoms with E-state index in [0.29, 0.717) is 24.7 Å². The third-order valence-corrected chi connectivity index (χ3v) is 6.84. The molecule has 1 unspecified atom stereocenters. The van der Waals surface area contributed by atoms with Crippen LogP contribution in [0.4, 0.5) is 5.82 Å². The van der Waals surface area contributed by atoms with Crippen LogP contribution >= 0.6 is 11.6 Å². The zero-order valence-electron chi connectivity index (χ0n) is 22.8. The van der Waals surface area contributed by atoms with Gasteiger partial charge in [-0.05, 0) is 89.6 Å². The Morgan fingerprint density at radius 2 is 1.95 bits per heavy atom. The number of carboxylic acids is 1. The summed E-state index contributed by atoms with van der Waals surface area (Å²) in [4.78, 5) is 31.6. The predicted octanol–water partition coefficient (Wildman–Crippen LogP) is 4.81. The number of benzene rings is 1. The van der Waals surface area contributed by atoms with Gasteiger partial charge in [0.05, 0.1) is 22.8 Å². The van der Waals surface area contributed by atoms with Gasteiger partial charge in [0.1, 0.15) is 11.9 Å². The molecule has 0 saturated heterocycles. The van der Waals surface area contributed by atoms with Crippen LogP contribution in [-0.4, -0.2) is 71.3 Å². The normalized spacial score (nSPS) is 14.0. The highest BCUT2D eigenvalue weighted by Gasteiger charge is 2.23. The highest BCUT2D eigenvalue weighted by molar-refractivity contribution is 6.33. The number of aryl methyl sites for hydroxylation is 2. The molecule has 0 saturated carbocycles. The second-order valence-electron chi connectivity index (χ2n) is 10.7. The molecule has 1 aliphatic heterocycles. The lowest BCUT2D eigenvalue weighted by Crippen LogP contribution is -2.43. The Morgan fingerprint density at radius 3 is 2.68 bits per heavy atom. The van der Waals surface area contributed by atoms with Crippen molar-refractivity contribution >= 4 is 29.3 Å². The largest absolute Gasteiger partial charge is 0.480 e. The molecule has 3 rings (SSSR count). The highest BCUT2D eigenvalue weighted by Crippen LogP contribution is 2.20. The van der Waals surface area contributed by atoms with Crippen molar-refractivity contribution in [2.45, 2.75) is 70.9 Å². The lowest BCUT2D eigenvalue weighted by molar-refractivity contribution is -0.139. The fourth-order valence-corrected chi connectivity index (χ4v) is 4.64. The average Bonchev–Trinajstić information content (AvgIpc) is 2.87. The van der Waals surface area contributed by atoms with Gasteiger partial charge in [-0.25, -0.2) is 9.78 Å². The Hall–Kier alpha value is -2.68. The number of aliphatic carboxylic acids is 1. The fraction of sp³-hybridized carbons (Fsp3) is 0.552. The van der Waals surface area contributed by atoms with Gasteiger partial charge in [-0.2, -0.15) is 0 Å². The minimum atomic E-state index is -1.07. The first-order valence-electron chi connectivity index (χ1n) is 13.5. The predicted molar refractivity (Wildman–Crippen MR) is 151 cm³/mol. The standard InChI is InChI=1S/C29H41ClN4O4/c1-29(2,3)38-20-19-34(17-7-6-10-22-14-13-21-9-8-16-31-26(21)32-22)18-15-25(28(36)37)33-27(35)23-11-4-5-12-24(23)30/h4-5,11-14,25H,6-10,15-20H2,1-3H3,(H,31,32)(H,33,35)(H,36,37). The van der Waals surface area contributed by atoms with E-state index in [-0.39, 0.29) is 17.6 Å². The molecule has 0 radical (unpaired) electrons. The van der Waals surface area contributed by atoms with Gasteiger partial charge in [0.2, 0.25) is 0 Å². The highest BCUT2D eigenvalue weighted by atomic mass is 35.5. The number of halogens is 1. The molecule has 1 amide bonds. The van der Waals surface area contributed by atoms with Gasteiger partial charge in [0, 0.05) is 25.3 Å². The molecule has 0 spiro atoms. The van der Waals surface area contributed by atoms with Crippen molar-refractivity contribution in [1.29, 1.82) is 0 Å². The second kappa shape index (κ2) is 14.5. The van der Waals surface area contributed by atoms with Gasteiger partial charge in [-0.1, -0.05) is 29.8 Å². The van der Waals surface area contributed by atoms with Crippen molar-refractivity contribution in [1.82, 2.24) is 15.2 Å². The van der Waals surface area contributed by atoms with E-state index >= 15 is 0 Å². The number of hydrogen-bond donors (Lipinski definition) is 3. The molecule has 0 bridgehead atoms. The Balaban J connectivity index is 1.53. The van der Waals surface area contributed by atoms with Crippen molar-refractivity contribution in [3.8, 4) is 0 Å². The molecule has 2 heterocycles. The maximum Gasteiger partial charge on any atom is 0.326 e. The quantitative estimate of drug-likeness (QED) is 0.293. The van der Waals surface area contributed by atoms with Crippen LogP contribution in [0.2, 0.25) is 5.02 Å². The van der Waals surface area contributed by atoms with Crippen LogP contribution in [0.25, 0.3) is 0 Å². The van der Waals surface area contributed by atoms with E-state index in [4.69, 9.17) is 21.3 Å². The van der Waals surface area contributed by atoms with Crippen molar-refractivity contribution in [2.24, 2.45) is 0 Å². The summed E-state index contributed by atoms with van der Waals surface area (Å²) >= 11 is 6.12. The van der Waals surface area contributed by atoms with Gasteiger partial charge in [0.15, 0.2) is 0 Å². The molecular weight excluding hydrogens is 504 g/mol. The molecule has 8 nitrogen and oxygen atoms in total. The molecule has 1 aliphatic rings. The number of nitrogens with zero attached hydrogens (tertiary/aromatic N) is 2. The summed E-state index contributed by atoms with van der Waals surface area (Å²) in [6, 6.07) is 9.91. The summed E-state index contributed by atoms with van der Waals surface area (Å²) in [5.74, 6) is -0.533. The van der Waals surface area contributed by atoms with Gasteiger partial charge < -0.3 is 25.4 Å². The van der Waals surface area contributed by atoms with Crippen LogP contribution in [0.1, 0.15) is 68.1 Å². The maximum absolute atomic E-state index is 12.6. The maximum atomic E-state index is 12.6. The number of aromatic nitrogens is 1. The van der Waals surface area contributed by atoms with Crippen LogP contribution in [0, 0.1) is 0 Å². The number of fused-ring (bicyclic) bond motifs is 1. The zero-order chi connectivity index (χ0) is 27.5. The summed E-state index contributed by atoms with van der Waals surface area (Å²) in [6.45, 7) is 9.59. The van der Waals surface area contributed by atoms with Crippen LogP contribution in [0.15, 0.2) is 36.4 Å². The number of pyridine rings is 1. The van der Waals surface area contributed by atoms with E-state index in [2.05, 4.69) is 27.7 Å². The number of rotatable bonds is 14. The van der Waals surface area contributed by atoms with Crippen molar-refractivity contribution in [3.05, 3.63) is 58.2 Å². The van der Waals surface area contributed by atoms with Crippen LogP contribution in [0.5, 0.6) is 0 Å². The van der Waals surface area contributed by atoms with E-state index < -0.39 is 17.9 Å². The van der Waals surface area contributed by atoms with E-state index in [1.807, 2.05) is 20.8 Å². The molecular formula is C29H41ClN4O4. The summed E-state index contributed by atoms with van der Waals surface area (Å²) in [5, 5.41) is 16.1. The molecule has 208 valence electrons. The SMILES string of the molecule is CC(C)(C)OCCN(CCCCc1ccc2c(n1)NCCC2)CCC(NC(=O)c1ccccc1Cl)C(=O)O. The van der Waals surface area contributed by atoms with Crippen LogP contribution < -0.4 is 10.6 Å². The van der Waals surface area contributed by atoms with Crippen molar-refractivity contribution in [3.63, 3.8) is 0 Å². The first-order chi connectivity index (χ1) is 18.1. The molecule has 1 atom stereocenters. The molecule has 1 aromatic heterocycles. The molecule has 1 aromatic carbocycles. The topological polar surface area (TPSA) is 104 Å². The van der Waals surface area contributed by atoms with Gasteiger partial charge in [0.25, 0.3) is 5.91 Å². The number of hydrogen-bond acceptors (Lipinski definition) is 6. The average molecular weight is 545 g/mol. The lowest BCUT2D eigenvalue weighted by atomic mass is 10.1. The van der Waals surface area contributed by atoms with Gasteiger partial charge in [-0.3, -0.25) is 4.79 Å². The number of amides is 1. The number of carbonyl (C=O) groups is 2. The third-order valence-electron chi connectivity index (χ3n) is 6.51. The summed E-state index contributed by atoms with van der Waals surface area (Å²) < 4.78 is 5.92. The molecule has 0 fully saturated rings. The number of anilines is 1. The number of unbranched alkanes of at least 4 members (excludes halogenated alkanes) is 1. The van der Waals surface area contributed by atoms with Gasteiger partial charge >= 0.3 is 5.97 Å². The van der Waals surface area contributed by atoms with E-state index in [0.717, 1.165) is 56.7 Å². The summed E-state index contributed by atoms with van der Waals surface area (Å²) in [6.07, 6.45) is 5.33. The Bertz CT molecular complexity index is 1070. The van der Waals surface area contributed by atoms with Crippen molar-refractivity contribution < 1.29 is 19.4 Å². The number of nitrogens with one attached hydrogen (secondary N) is 2. The van der Waals surface area contributed by atoms with Gasteiger partial charge in [-0.15, -0.1) is 0 Å². The van der Waals surface area contributed by atoms with Crippen LogP contribution in [-0.2, 0) is 22.4 Å². The summed E-state index contributed by atoms with van der Waals surface area (Å²) in [7, 11) is 0. The first kappa shape index (κ1) is 29.9. The minimum absolute atomic E-state index is 0.246. The molecule has 2 aromatic rings.